The van der Waals surface area contributed by atoms with Gasteiger partial charge in [-0.05, 0) is 32.6 Å². The van der Waals surface area contributed by atoms with Crippen LogP contribution in [0.15, 0.2) is 37.0 Å². The van der Waals surface area contributed by atoms with Crippen LogP contribution in [0, 0.1) is 0 Å². The predicted molar refractivity (Wildman–Crippen MR) is 71.1 cm³/mol. The first-order valence-electron chi connectivity index (χ1n) is 6.30. The minimum absolute atomic E-state index is 1.21. The summed E-state index contributed by atoms with van der Waals surface area (Å²) in [6.45, 7) is 5.75. The molecule has 0 unspecified atom stereocenters. The molecule has 0 saturated carbocycles. The quantitative estimate of drug-likeness (QED) is 0.254. The molecule has 0 aliphatic rings. The molecule has 0 heterocycles. The van der Waals surface area contributed by atoms with E-state index in [4.69, 9.17) is 0 Å². The third-order valence-electron chi connectivity index (χ3n) is 2.50. The van der Waals surface area contributed by atoms with Crippen LogP contribution in [0.3, 0.4) is 0 Å². The van der Waals surface area contributed by atoms with Crippen molar-refractivity contribution in [1.29, 1.82) is 0 Å². The van der Waals surface area contributed by atoms with Crippen molar-refractivity contribution in [3.05, 3.63) is 37.0 Å². The normalized spacial score (nSPS) is 11.5. The Kier molecular flexibility index (Phi) is 12.5. The van der Waals surface area contributed by atoms with Gasteiger partial charge in [0, 0.05) is 0 Å². The summed E-state index contributed by atoms with van der Waals surface area (Å²) in [5.41, 5.74) is 0. The van der Waals surface area contributed by atoms with E-state index in [1.807, 2.05) is 12.2 Å². The Bertz CT molecular complexity index is 174. The van der Waals surface area contributed by atoms with Crippen molar-refractivity contribution in [2.24, 2.45) is 0 Å². The van der Waals surface area contributed by atoms with Gasteiger partial charge in [-0.25, -0.2) is 0 Å². The second kappa shape index (κ2) is 13.2. The molecule has 0 radical (unpaired) electrons. The monoisotopic (exact) mass is 206 g/mol. The van der Waals surface area contributed by atoms with Crippen LogP contribution < -0.4 is 0 Å². The van der Waals surface area contributed by atoms with Crippen molar-refractivity contribution in [3.8, 4) is 0 Å². The van der Waals surface area contributed by atoms with E-state index >= 15 is 0 Å². The van der Waals surface area contributed by atoms with E-state index < -0.39 is 0 Å². The largest absolute Gasteiger partial charge is 0.0991 e. The molecule has 0 amide bonds. The van der Waals surface area contributed by atoms with Gasteiger partial charge in [-0.3, -0.25) is 0 Å². The molecule has 0 heteroatoms. The molecule has 0 rings (SSSR count). The molecule has 0 atom stereocenters. The molecule has 0 spiro atoms. The van der Waals surface area contributed by atoms with Crippen molar-refractivity contribution < 1.29 is 0 Å². The first kappa shape index (κ1) is 14.2. The van der Waals surface area contributed by atoms with Crippen LogP contribution in [-0.2, 0) is 0 Å². The van der Waals surface area contributed by atoms with Gasteiger partial charge in [0.25, 0.3) is 0 Å². The van der Waals surface area contributed by atoms with Gasteiger partial charge in [0.05, 0.1) is 0 Å². The average Bonchev–Trinajstić information content (AvgIpc) is 2.26. The molecule has 0 aromatic heterocycles. The van der Waals surface area contributed by atoms with Crippen molar-refractivity contribution in [2.75, 3.05) is 0 Å². The Morgan fingerprint density at radius 3 is 1.87 bits per heavy atom. The summed E-state index contributed by atoms with van der Waals surface area (Å²) in [6.07, 6.45) is 21.3. The number of hydrogen-bond acceptors (Lipinski definition) is 0. The molecule has 0 aliphatic heterocycles. The number of allylic oxidation sites excluding steroid dienone is 5. The van der Waals surface area contributed by atoms with Crippen LogP contribution in [-0.4, -0.2) is 0 Å². The fourth-order valence-corrected chi connectivity index (χ4v) is 1.59. The molecule has 15 heavy (non-hydrogen) atoms. The average molecular weight is 206 g/mol. The van der Waals surface area contributed by atoms with E-state index in [9.17, 15) is 0 Å². The van der Waals surface area contributed by atoms with Gasteiger partial charge in [0.15, 0.2) is 0 Å². The van der Waals surface area contributed by atoms with Crippen molar-refractivity contribution in [1.82, 2.24) is 0 Å². The van der Waals surface area contributed by atoms with E-state index in [2.05, 4.69) is 31.7 Å². The summed E-state index contributed by atoms with van der Waals surface area (Å²) < 4.78 is 0. The zero-order valence-corrected chi connectivity index (χ0v) is 10.3. The second-order valence-corrected chi connectivity index (χ2v) is 3.93. The Labute approximate surface area is 95.8 Å². The van der Waals surface area contributed by atoms with E-state index in [-0.39, 0.29) is 0 Å². The Balaban J connectivity index is 2.98. The van der Waals surface area contributed by atoms with Crippen LogP contribution >= 0.6 is 0 Å². The summed E-state index contributed by atoms with van der Waals surface area (Å²) in [7, 11) is 0. The lowest BCUT2D eigenvalue weighted by Gasteiger charge is -1.98. The summed E-state index contributed by atoms with van der Waals surface area (Å²) in [5.74, 6) is 0. The molecule has 0 saturated heterocycles. The molecule has 0 aromatic carbocycles. The fraction of sp³-hybridized carbons (Fsp3) is 0.600. The van der Waals surface area contributed by atoms with Gasteiger partial charge in [-0.1, -0.05) is 62.6 Å². The minimum Gasteiger partial charge on any atom is -0.0991 e. The Hall–Kier alpha value is -0.780. The van der Waals surface area contributed by atoms with E-state index in [1.165, 1.54) is 51.4 Å². The molecule has 86 valence electrons. The predicted octanol–water partition coefficient (Wildman–Crippen LogP) is 5.43. The standard InChI is InChI=1S/C15H26/c1-3-5-7-9-11-13-15-14-12-10-8-6-4-2/h3-7H,1,8-15H2,2H3. The van der Waals surface area contributed by atoms with Crippen LogP contribution in [0.25, 0.3) is 0 Å². The van der Waals surface area contributed by atoms with Crippen LogP contribution in [0.4, 0.5) is 0 Å². The molecular formula is C15H26. The van der Waals surface area contributed by atoms with E-state index in [1.54, 1.807) is 0 Å². The summed E-state index contributed by atoms with van der Waals surface area (Å²) >= 11 is 0. The highest BCUT2D eigenvalue weighted by atomic mass is 14.0. The lowest BCUT2D eigenvalue weighted by Crippen LogP contribution is -1.79. The zero-order valence-electron chi connectivity index (χ0n) is 10.3. The first-order chi connectivity index (χ1) is 7.41. The lowest BCUT2D eigenvalue weighted by molar-refractivity contribution is 0.600. The van der Waals surface area contributed by atoms with Crippen molar-refractivity contribution in [2.45, 2.75) is 58.3 Å². The van der Waals surface area contributed by atoms with Gasteiger partial charge in [-0.2, -0.15) is 0 Å². The summed E-state index contributed by atoms with van der Waals surface area (Å²) in [6, 6.07) is 0. The third kappa shape index (κ3) is 13.2. The maximum atomic E-state index is 3.65. The van der Waals surface area contributed by atoms with E-state index in [0.29, 0.717) is 0 Å². The van der Waals surface area contributed by atoms with Crippen molar-refractivity contribution >= 4 is 0 Å². The maximum Gasteiger partial charge on any atom is -0.0348 e. The molecule has 0 nitrogen and oxygen atoms in total. The smallest absolute Gasteiger partial charge is 0.0348 e. The minimum atomic E-state index is 1.21. The van der Waals surface area contributed by atoms with Gasteiger partial charge in [0.2, 0.25) is 0 Å². The second-order valence-electron chi connectivity index (χ2n) is 3.93. The molecular weight excluding hydrogens is 180 g/mol. The highest BCUT2D eigenvalue weighted by Gasteiger charge is 1.89. The topological polar surface area (TPSA) is 0 Å². The van der Waals surface area contributed by atoms with Crippen LogP contribution in [0.5, 0.6) is 0 Å². The Morgan fingerprint density at radius 2 is 1.33 bits per heavy atom. The fourth-order valence-electron chi connectivity index (χ4n) is 1.59. The highest BCUT2D eigenvalue weighted by Crippen LogP contribution is 2.09. The Morgan fingerprint density at radius 1 is 0.800 bits per heavy atom. The van der Waals surface area contributed by atoms with Crippen LogP contribution in [0.2, 0.25) is 0 Å². The van der Waals surface area contributed by atoms with E-state index in [0.717, 1.165) is 0 Å². The number of unbranched alkanes of at least 4 members (excludes halogenated alkanes) is 7. The molecule has 0 aliphatic carbocycles. The molecule has 0 aromatic rings. The van der Waals surface area contributed by atoms with Gasteiger partial charge >= 0.3 is 0 Å². The SMILES string of the molecule is C=CC=CCCCCCCCCC=CC. The third-order valence-corrected chi connectivity index (χ3v) is 2.50. The van der Waals surface area contributed by atoms with Crippen LogP contribution in [0.1, 0.15) is 58.3 Å². The summed E-state index contributed by atoms with van der Waals surface area (Å²) in [4.78, 5) is 0. The molecule has 0 fully saturated rings. The van der Waals surface area contributed by atoms with Crippen molar-refractivity contribution in [3.63, 3.8) is 0 Å². The zero-order chi connectivity index (χ0) is 11.2. The molecule has 0 bridgehead atoms. The van der Waals surface area contributed by atoms with Gasteiger partial charge in [0.1, 0.15) is 0 Å². The first-order valence-corrected chi connectivity index (χ1v) is 6.30. The lowest BCUT2D eigenvalue weighted by atomic mass is 10.1. The highest BCUT2D eigenvalue weighted by molar-refractivity contribution is 4.96. The van der Waals surface area contributed by atoms with Gasteiger partial charge in [-0.15, -0.1) is 0 Å². The number of hydrogen-bond donors (Lipinski definition) is 0. The number of rotatable bonds is 10. The maximum absolute atomic E-state index is 3.65. The summed E-state index contributed by atoms with van der Waals surface area (Å²) in [5, 5.41) is 0. The molecule has 0 N–H and O–H groups in total. The van der Waals surface area contributed by atoms with Gasteiger partial charge < -0.3 is 0 Å².